The Morgan fingerprint density at radius 1 is 1.48 bits per heavy atom. The van der Waals surface area contributed by atoms with Crippen molar-refractivity contribution in [3.05, 3.63) is 46.4 Å². The molecule has 0 saturated carbocycles. The number of carbonyl (C=O) groups is 1. The summed E-state index contributed by atoms with van der Waals surface area (Å²) in [7, 11) is 0. The number of amides is 1. The normalized spacial score (nSPS) is 17.4. The topological polar surface area (TPSA) is 45.2 Å². The van der Waals surface area contributed by atoms with Crippen molar-refractivity contribution in [3.63, 3.8) is 0 Å². The van der Waals surface area contributed by atoms with Gasteiger partial charge in [-0.05, 0) is 37.0 Å². The summed E-state index contributed by atoms with van der Waals surface area (Å²) in [6.07, 6.45) is 5.30. The van der Waals surface area contributed by atoms with Gasteiger partial charge in [0.2, 0.25) is 5.91 Å². The van der Waals surface area contributed by atoms with E-state index < -0.39 is 0 Å². The van der Waals surface area contributed by atoms with Gasteiger partial charge < -0.3 is 10.2 Å². The van der Waals surface area contributed by atoms with Crippen LogP contribution in [0.15, 0.2) is 35.8 Å². The highest BCUT2D eigenvalue weighted by molar-refractivity contribution is 7.13. The lowest BCUT2D eigenvalue weighted by atomic mass is 10.1. The Kier molecular flexibility index (Phi) is 5.51. The number of benzene rings is 1. The van der Waals surface area contributed by atoms with Crippen molar-refractivity contribution in [1.82, 2.24) is 10.3 Å². The summed E-state index contributed by atoms with van der Waals surface area (Å²) >= 11 is 7.62. The van der Waals surface area contributed by atoms with Crippen molar-refractivity contribution in [1.29, 1.82) is 0 Å². The molecule has 1 amide bonds. The number of halogens is 1. The molecule has 1 aliphatic heterocycles. The Hall–Kier alpha value is -1.59. The van der Waals surface area contributed by atoms with Crippen LogP contribution in [0.3, 0.4) is 0 Å². The molecule has 1 saturated heterocycles. The van der Waals surface area contributed by atoms with Crippen molar-refractivity contribution in [2.24, 2.45) is 0 Å². The number of nitrogens with one attached hydrogen (secondary N) is 1. The molecule has 0 radical (unpaired) electrons. The van der Waals surface area contributed by atoms with Crippen LogP contribution < -0.4 is 10.2 Å². The summed E-state index contributed by atoms with van der Waals surface area (Å²) in [6.45, 7) is 1.71. The van der Waals surface area contributed by atoms with Gasteiger partial charge in [-0.2, -0.15) is 0 Å². The quantitative estimate of drug-likeness (QED) is 0.868. The van der Waals surface area contributed by atoms with Gasteiger partial charge in [-0.15, -0.1) is 11.3 Å². The summed E-state index contributed by atoms with van der Waals surface area (Å²) in [5.74, 6) is 0.0935. The minimum Gasteiger partial charge on any atom is -0.354 e. The van der Waals surface area contributed by atoms with Gasteiger partial charge in [0.25, 0.3) is 0 Å². The molecule has 1 N–H and O–H groups in total. The maximum Gasteiger partial charge on any atom is 0.220 e. The zero-order valence-electron chi connectivity index (χ0n) is 12.9. The lowest BCUT2D eigenvalue weighted by Gasteiger charge is -2.24. The van der Waals surface area contributed by atoms with Crippen molar-refractivity contribution < 1.29 is 4.79 Å². The lowest BCUT2D eigenvalue weighted by Crippen LogP contribution is -2.40. The van der Waals surface area contributed by atoms with Gasteiger partial charge in [0.15, 0.2) is 5.13 Å². The smallest absolute Gasteiger partial charge is 0.220 e. The van der Waals surface area contributed by atoms with Crippen LogP contribution in [0, 0.1) is 0 Å². The molecule has 6 heteroatoms. The predicted octanol–water partition coefficient (Wildman–Crippen LogP) is 3.51. The van der Waals surface area contributed by atoms with Crippen LogP contribution in [0.1, 0.15) is 24.8 Å². The van der Waals surface area contributed by atoms with Gasteiger partial charge in [-0.25, -0.2) is 4.98 Å². The van der Waals surface area contributed by atoms with E-state index in [1.54, 1.807) is 11.3 Å². The van der Waals surface area contributed by atoms with Crippen molar-refractivity contribution in [2.45, 2.75) is 31.7 Å². The monoisotopic (exact) mass is 349 g/mol. The maximum atomic E-state index is 12.1. The molecule has 2 heterocycles. The molecule has 2 aromatic rings. The highest BCUT2D eigenvalue weighted by Crippen LogP contribution is 2.26. The number of anilines is 1. The zero-order chi connectivity index (χ0) is 16.1. The molecule has 1 atom stereocenters. The van der Waals surface area contributed by atoms with Crippen LogP contribution in [0.2, 0.25) is 5.02 Å². The molecule has 3 rings (SSSR count). The number of aryl methyl sites for hydroxylation is 1. The van der Waals surface area contributed by atoms with E-state index in [0.29, 0.717) is 30.5 Å². The van der Waals surface area contributed by atoms with E-state index in [4.69, 9.17) is 11.6 Å². The second-order valence-electron chi connectivity index (χ2n) is 5.74. The Labute approximate surface area is 145 Å². The van der Waals surface area contributed by atoms with Crippen LogP contribution in [-0.4, -0.2) is 30.0 Å². The number of aromatic nitrogens is 1. The third kappa shape index (κ3) is 4.45. The number of nitrogens with zero attached hydrogens (tertiary/aromatic N) is 2. The van der Waals surface area contributed by atoms with E-state index in [2.05, 4.69) is 15.2 Å². The first-order chi connectivity index (χ1) is 11.2. The number of carbonyl (C=O) groups excluding carboxylic acids is 1. The zero-order valence-corrected chi connectivity index (χ0v) is 14.4. The molecule has 0 aliphatic carbocycles. The van der Waals surface area contributed by atoms with Gasteiger partial charge in [0.05, 0.1) is 0 Å². The fourth-order valence-corrected chi connectivity index (χ4v) is 3.88. The Bertz CT molecular complexity index is 647. The van der Waals surface area contributed by atoms with Crippen LogP contribution in [0.4, 0.5) is 5.13 Å². The van der Waals surface area contributed by atoms with E-state index in [1.807, 2.05) is 35.8 Å². The van der Waals surface area contributed by atoms with Crippen LogP contribution >= 0.6 is 22.9 Å². The molecule has 1 aliphatic rings. The fourth-order valence-electron chi connectivity index (χ4n) is 2.93. The van der Waals surface area contributed by atoms with Crippen LogP contribution in [0.25, 0.3) is 0 Å². The number of thiazole rings is 1. The van der Waals surface area contributed by atoms with Gasteiger partial charge in [0, 0.05) is 42.2 Å². The molecule has 122 valence electrons. The molecule has 1 aromatic carbocycles. The van der Waals surface area contributed by atoms with E-state index in [-0.39, 0.29) is 5.91 Å². The summed E-state index contributed by atoms with van der Waals surface area (Å²) in [5.41, 5.74) is 1.10. The molecule has 0 bridgehead atoms. The molecule has 4 nitrogen and oxygen atoms in total. The predicted molar refractivity (Wildman–Crippen MR) is 95.3 cm³/mol. The van der Waals surface area contributed by atoms with Gasteiger partial charge >= 0.3 is 0 Å². The van der Waals surface area contributed by atoms with Crippen molar-refractivity contribution in [2.75, 3.05) is 18.0 Å². The average molecular weight is 350 g/mol. The van der Waals surface area contributed by atoms with Gasteiger partial charge in [0.1, 0.15) is 0 Å². The highest BCUT2D eigenvalue weighted by atomic mass is 35.5. The minimum absolute atomic E-state index is 0.0935. The number of rotatable bonds is 6. The van der Waals surface area contributed by atoms with Crippen LogP contribution in [0.5, 0.6) is 0 Å². The lowest BCUT2D eigenvalue weighted by molar-refractivity contribution is -0.121. The summed E-state index contributed by atoms with van der Waals surface area (Å²) in [4.78, 5) is 18.8. The Morgan fingerprint density at radius 2 is 2.39 bits per heavy atom. The fraction of sp³-hybridized carbons (Fsp3) is 0.412. The molecular weight excluding hydrogens is 330 g/mol. The molecule has 1 aromatic heterocycles. The first-order valence-corrected chi connectivity index (χ1v) is 9.15. The Morgan fingerprint density at radius 3 is 3.17 bits per heavy atom. The summed E-state index contributed by atoms with van der Waals surface area (Å²) in [6, 6.07) is 8.03. The van der Waals surface area contributed by atoms with E-state index in [1.165, 1.54) is 0 Å². The van der Waals surface area contributed by atoms with E-state index in [0.717, 1.165) is 30.1 Å². The molecule has 23 heavy (non-hydrogen) atoms. The van der Waals surface area contributed by atoms with Gasteiger partial charge in [-0.1, -0.05) is 23.7 Å². The molecule has 0 unspecified atom stereocenters. The standard InChI is InChI=1S/C17H20ClN3OS/c18-14-4-1-3-13(11-14)6-7-16(22)20-12-15-5-2-9-21(15)17-19-8-10-23-17/h1,3-4,8,10-11,15H,2,5-7,9,12H2,(H,20,22)/t15-/m0/s1. The second-order valence-corrected chi connectivity index (χ2v) is 7.05. The molecule has 0 spiro atoms. The van der Waals surface area contributed by atoms with Crippen LogP contribution in [-0.2, 0) is 11.2 Å². The number of hydrogen-bond donors (Lipinski definition) is 1. The summed E-state index contributed by atoms with van der Waals surface area (Å²) in [5, 5.41) is 6.83. The van der Waals surface area contributed by atoms with Gasteiger partial charge in [-0.3, -0.25) is 4.79 Å². The third-order valence-electron chi connectivity index (χ3n) is 4.11. The number of hydrogen-bond acceptors (Lipinski definition) is 4. The highest BCUT2D eigenvalue weighted by Gasteiger charge is 2.26. The average Bonchev–Trinajstić information content (AvgIpc) is 3.21. The molecular formula is C17H20ClN3OS. The van der Waals surface area contributed by atoms with E-state index in [9.17, 15) is 4.79 Å². The second kappa shape index (κ2) is 7.79. The minimum atomic E-state index is 0.0935. The maximum absolute atomic E-state index is 12.1. The third-order valence-corrected chi connectivity index (χ3v) is 5.15. The first-order valence-electron chi connectivity index (χ1n) is 7.89. The Balaban J connectivity index is 1.45. The van der Waals surface area contributed by atoms with E-state index >= 15 is 0 Å². The largest absolute Gasteiger partial charge is 0.354 e. The van der Waals surface area contributed by atoms with Crippen molar-refractivity contribution >= 4 is 34.0 Å². The molecule has 1 fully saturated rings. The van der Waals surface area contributed by atoms with Crippen molar-refractivity contribution in [3.8, 4) is 0 Å². The first kappa shape index (κ1) is 16.3. The SMILES string of the molecule is O=C(CCc1cccc(Cl)c1)NC[C@@H]1CCCN1c1nccs1. The summed E-state index contributed by atoms with van der Waals surface area (Å²) < 4.78 is 0.